The third-order valence-corrected chi connectivity index (χ3v) is 5.18. The van der Waals surface area contributed by atoms with E-state index in [1.54, 1.807) is 17.4 Å². The van der Waals surface area contributed by atoms with Crippen molar-refractivity contribution in [1.29, 1.82) is 0 Å². The summed E-state index contributed by atoms with van der Waals surface area (Å²) >= 11 is 1.62. The summed E-state index contributed by atoms with van der Waals surface area (Å²) in [6, 6.07) is 5.50. The Labute approximate surface area is 137 Å². The molecule has 1 aromatic carbocycles. The molecule has 0 spiro atoms. The quantitative estimate of drug-likeness (QED) is 0.846. The van der Waals surface area contributed by atoms with Gasteiger partial charge >= 0.3 is 5.97 Å². The van der Waals surface area contributed by atoms with Crippen LogP contribution in [0.4, 0.5) is 5.69 Å². The van der Waals surface area contributed by atoms with Crippen LogP contribution in [-0.2, 0) is 4.79 Å². The molecule has 1 aliphatic heterocycles. The molecule has 0 radical (unpaired) electrons. The van der Waals surface area contributed by atoms with Gasteiger partial charge in [0.1, 0.15) is 16.9 Å². The molecule has 0 saturated heterocycles. The average molecular weight is 329 g/mol. The lowest BCUT2D eigenvalue weighted by atomic mass is 9.96. The van der Waals surface area contributed by atoms with Crippen molar-refractivity contribution in [3.05, 3.63) is 46.1 Å². The Kier molecular flexibility index (Phi) is 3.87. The topological polar surface area (TPSA) is 71.7 Å². The summed E-state index contributed by atoms with van der Waals surface area (Å²) in [7, 11) is 0. The number of hydrogen-bond acceptors (Lipinski definition) is 4. The Bertz CT molecular complexity index is 832. The van der Waals surface area contributed by atoms with Crippen LogP contribution in [-0.4, -0.2) is 28.4 Å². The number of benzene rings is 1. The third-order valence-electron chi connectivity index (χ3n) is 4.06. The third kappa shape index (κ3) is 2.60. The number of carbonyl (C=O) groups is 2. The minimum Gasteiger partial charge on any atom is -0.477 e. The molecule has 1 atom stereocenters. The zero-order valence-electron chi connectivity index (χ0n) is 13.1. The standard InChI is InChI=1S/C17H16N2O3S/c1-4-19-8-13(17(21)22)15(20)12-6-5-11(7-14(12)19)16-18-9(2)10(3)23-16/h5-8H,4H2,1-3H3,(H,21,22)/p+1. The van der Waals surface area contributed by atoms with Gasteiger partial charge in [-0.3, -0.25) is 9.69 Å². The predicted molar refractivity (Wildman–Crippen MR) is 88.2 cm³/mol. The number of fused-ring (bicyclic) bond motifs is 1. The number of nitrogens with zero attached hydrogens (tertiary/aromatic N) is 1. The maximum absolute atomic E-state index is 12.4. The van der Waals surface area contributed by atoms with Crippen molar-refractivity contribution in [3.8, 4) is 10.6 Å². The van der Waals surface area contributed by atoms with Crippen molar-refractivity contribution in [2.75, 3.05) is 6.54 Å². The molecule has 2 heterocycles. The van der Waals surface area contributed by atoms with Crippen LogP contribution >= 0.6 is 11.3 Å². The number of aliphatic carboxylic acids is 1. The highest BCUT2D eigenvalue weighted by Gasteiger charge is 2.33. The molecule has 1 unspecified atom stereocenters. The molecule has 6 heteroatoms. The van der Waals surface area contributed by atoms with E-state index in [-0.39, 0.29) is 5.57 Å². The summed E-state index contributed by atoms with van der Waals surface area (Å²) in [5.74, 6) is -1.61. The second kappa shape index (κ2) is 5.72. The first kappa shape index (κ1) is 15.6. The highest BCUT2D eigenvalue weighted by molar-refractivity contribution is 7.15. The van der Waals surface area contributed by atoms with Gasteiger partial charge in [0.05, 0.1) is 17.8 Å². The zero-order valence-corrected chi connectivity index (χ0v) is 14.0. The number of carbonyl (C=O) groups excluding carboxylic acids is 1. The summed E-state index contributed by atoms with van der Waals surface area (Å²) in [6.45, 7) is 6.62. The largest absolute Gasteiger partial charge is 0.477 e. The van der Waals surface area contributed by atoms with Crippen LogP contribution in [0.3, 0.4) is 0 Å². The van der Waals surface area contributed by atoms with Crippen LogP contribution in [0.25, 0.3) is 10.6 Å². The first-order valence-corrected chi connectivity index (χ1v) is 8.18. The van der Waals surface area contributed by atoms with E-state index in [1.165, 1.54) is 11.1 Å². The van der Waals surface area contributed by atoms with Crippen LogP contribution in [0.2, 0.25) is 0 Å². The van der Waals surface area contributed by atoms with E-state index in [0.29, 0.717) is 12.1 Å². The fourth-order valence-electron chi connectivity index (χ4n) is 2.65. The fraction of sp³-hybridized carbons (Fsp3) is 0.235. The normalized spacial score (nSPS) is 16.9. The summed E-state index contributed by atoms with van der Waals surface area (Å²) in [4.78, 5) is 30.2. The summed E-state index contributed by atoms with van der Waals surface area (Å²) in [5.41, 5.74) is 3.06. The summed E-state index contributed by atoms with van der Waals surface area (Å²) in [5, 5.41) is 10.1. The van der Waals surface area contributed by atoms with Gasteiger partial charge in [-0.2, -0.15) is 0 Å². The molecule has 0 saturated carbocycles. The maximum atomic E-state index is 12.4. The number of nitrogens with one attached hydrogen (secondary N) is 1. The number of rotatable bonds is 3. The molecule has 0 fully saturated rings. The lowest BCUT2D eigenvalue weighted by Gasteiger charge is -2.21. The van der Waals surface area contributed by atoms with Crippen molar-refractivity contribution in [3.63, 3.8) is 0 Å². The van der Waals surface area contributed by atoms with E-state index in [4.69, 9.17) is 0 Å². The Morgan fingerprint density at radius 3 is 2.65 bits per heavy atom. The SMILES string of the molecule is CC[NH+]1C=C(C(=O)O)C(=O)c2ccc(-c3nc(C)c(C)s3)cc21. The molecule has 3 rings (SSSR count). The highest BCUT2D eigenvalue weighted by Crippen LogP contribution is 2.31. The number of carboxylic acid groups (broad SMARTS) is 1. The van der Waals surface area contributed by atoms with Crippen molar-refractivity contribution >= 4 is 28.8 Å². The minimum atomic E-state index is -1.18. The Balaban J connectivity index is 2.12. The number of hydrogen-bond donors (Lipinski definition) is 2. The predicted octanol–water partition coefficient (Wildman–Crippen LogP) is 2.13. The first-order valence-electron chi connectivity index (χ1n) is 7.36. The molecule has 0 amide bonds. The number of thiazole rings is 1. The molecule has 1 aliphatic rings. The second-order valence-corrected chi connectivity index (χ2v) is 6.70. The number of aryl methyl sites for hydroxylation is 2. The van der Waals surface area contributed by atoms with Crippen LogP contribution in [0, 0.1) is 13.8 Å². The molecule has 118 valence electrons. The minimum absolute atomic E-state index is 0.164. The smallest absolute Gasteiger partial charge is 0.345 e. The molecule has 0 aliphatic carbocycles. The average Bonchev–Trinajstić information content (AvgIpc) is 2.86. The molecular weight excluding hydrogens is 312 g/mol. The molecule has 23 heavy (non-hydrogen) atoms. The van der Waals surface area contributed by atoms with Crippen LogP contribution in [0.1, 0.15) is 27.9 Å². The van der Waals surface area contributed by atoms with Crippen molar-refractivity contribution in [2.45, 2.75) is 20.8 Å². The van der Waals surface area contributed by atoms with Crippen LogP contribution < -0.4 is 4.90 Å². The van der Waals surface area contributed by atoms with E-state index in [2.05, 4.69) is 4.98 Å². The summed E-state index contributed by atoms with van der Waals surface area (Å²) in [6.07, 6.45) is 1.50. The molecule has 2 aromatic rings. The van der Waals surface area contributed by atoms with E-state index < -0.39 is 11.8 Å². The lowest BCUT2D eigenvalue weighted by Crippen LogP contribution is -3.03. The van der Waals surface area contributed by atoms with Gasteiger partial charge in [0.25, 0.3) is 0 Å². The van der Waals surface area contributed by atoms with Crippen molar-refractivity contribution in [2.24, 2.45) is 0 Å². The molecular formula is C17H17N2O3S+. The Morgan fingerprint density at radius 2 is 2.09 bits per heavy atom. The number of Topliss-reactive ketones (excluding diaryl/α,β-unsaturated/α-hetero) is 1. The number of quaternary nitrogens is 1. The lowest BCUT2D eigenvalue weighted by molar-refractivity contribution is -0.773. The van der Waals surface area contributed by atoms with Gasteiger partial charge in [-0.15, -0.1) is 11.3 Å². The number of ketones is 1. The Morgan fingerprint density at radius 1 is 1.35 bits per heavy atom. The molecule has 5 nitrogen and oxygen atoms in total. The first-order chi connectivity index (χ1) is 10.9. The van der Waals surface area contributed by atoms with Gasteiger partial charge in [0.15, 0.2) is 5.57 Å². The number of carboxylic acids is 1. The molecule has 0 bridgehead atoms. The zero-order chi connectivity index (χ0) is 16.7. The fourth-order valence-corrected chi connectivity index (χ4v) is 3.56. The van der Waals surface area contributed by atoms with Gasteiger partial charge in [-0.25, -0.2) is 9.78 Å². The van der Waals surface area contributed by atoms with Crippen molar-refractivity contribution in [1.82, 2.24) is 4.98 Å². The van der Waals surface area contributed by atoms with Gasteiger partial charge < -0.3 is 5.11 Å². The van der Waals surface area contributed by atoms with Gasteiger partial charge in [-0.1, -0.05) is 6.07 Å². The van der Waals surface area contributed by atoms with Gasteiger partial charge in [0.2, 0.25) is 5.78 Å². The van der Waals surface area contributed by atoms with Gasteiger partial charge in [0, 0.05) is 16.5 Å². The monoisotopic (exact) mass is 329 g/mol. The molecule has 2 N–H and O–H groups in total. The van der Waals surface area contributed by atoms with E-state index in [9.17, 15) is 14.7 Å². The maximum Gasteiger partial charge on any atom is 0.345 e. The van der Waals surface area contributed by atoms with E-state index in [1.807, 2.05) is 32.9 Å². The number of aromatic nitrogens is 1. The Hall–Kier alpha value is -2.31. The second-order valence-electron chi connectivity index (χ2n) is 5.49. The van der Waals surface area contributed by atoms with E-state index >= 15 is 0 Å². The molecule has 1 aromatic heterocycles. The summed E-state index contributed by atoms with van der Waals surface area (Å²) < 4.78 is 0. The van der Waals surface area contributed by atoms with Gasteiger partial charge in [-0.05, 0) is 26.8 Å². The highest BCUT2D eigenvalue weighted by atomic mass is 32.1. The van der Waals surface area contributed by atoms with Crippen LogP contribution in [0.15, 0.2) is 30.0 Å². The van der Waals surface area contributed by atoms with Crippen LogP contribution in [0.5, 0.6) is 0 Å². The van der Waals surface area contributed by atoms with Crippen molar-refractivity contribution < 1.29 is 19.6 Å². The van der Waals surface area contributed by atoms with E-state index in [0.717, 1.165) is 26.9 Å².